The third-order valence-electron chi connectivity index (χ3n) is 13.1. The summed E-state index contributed by atoms with van der Waals surface area (Å²) in [5, 5.41) is 26.5. The molecule has 0 fully saturated rings. The van der Waals surface area contributed by atoms with E-state index in [0.29, 0.717) is 5.56 Å². The summed E-state index contributed by atoms with van der Waals surface area (Å²) in [6, 6.07) is 59.1. The van der Waals surface area contributed by atoms with Crippen molar-refractivity contribution in [1.29, 1.82) is 5.26 Å². The van der Waals surface area contributed by atoms with Gasteiger partial charge in [-0.25, -0.2) is 4.99 Å². The lowest BCUT2D eigenvalue weighted by molar-refractivity contribution is 0.408. The number of aromatic nitrogens is 2. The van der Waals surface area contributed by atoms with Gasteiger partial charge in [0, 0.05) is 52.8 Å². The van der Waals surface area contributed by atoms with Crippen molar-refractivity contribution in [2.75, 3.05) is 0 Å². The standard InChI is InChI=1S/C56H42N6S/c1-32-14-10-21-41-42-22-11-15-33(2)51(42)61(50(32)41)46-30-47(62-52-34(3)16-12-23-43(52)44-24-13-17-35(4)53(44)62)45(28-38(46)31-57)56-59-54(36-18-6-5-7-19-36)58-55(60-56)37-26-27-40-39-20-8-9-25-48(39)63-49(40)29-37/h5-30,55-56,60H,1-4H3,(H,58,59). The number of fused-ring (bicyclic) bond motifs is 9. The largest absolute Gasteiger partial charge is 0.350 e. The van der Waals surface area contributed by atoms with Crippen LogP contribution in [0.1, 0.15) is 56.8 Å². The van der Waals surface area contributed by atoms with Gasteiger partial charge in [-0.05, 0) is 79.8 Å². The molecule has 6 nitrogen and oxygen atoms in total. The lowest BCUT2D eigenvalue weighted by atomic mass is 10.00. The number of benzene rings is 8. The number of hydrogen-bond acceptors (Lipinski definition) is 5. The van der Waals surface area contributed by atoms with Crippen molar-refractivity contribution >= 4 is 81.0 Å². The predicted octanol–water partition coefficient (Wildman–Crippen LogP) is 13.7. The van der Waals surface area contributed by atoms with Crippen LogP contribution in [-0.4, -0.2) is 15.0 Å². The molecule has 7 heteroatoms. The van der Waals surface area contributed by atoms with Gasteiger partial charge in [0.05, 0.1) is 39.0 Å². The van der Waals surface area contributed by atoms with Crippen LogP contribution in [0.3, 0.4) is 0 Å². The average Bonchev–Trinajstić information content (AvgIpc) is 3.98. The molecular formula is C56H42N6S. The molecule has 2 atom stereocenters. The number of thiophene rings is 1. The van der Waals surface area contributed by atoms with E-state index >= 15 is 0 Å². The molecule has 0 aliphatic carbocycles. The summed E-state index contributed by atoms with van der Waals surface area (Å²) in [5.74, 6) is 0.789. The molecule has 63 heavy (non-hydrogen) atoms. The molecule has 0 saturated heterocycles. The highest BCUT2D eigenvalue weighted by Gasteiger charge is 2.31. The quantitative estimate of drug-likeness (QED) is 0.181. The van der Waals surface area contributed by atoms with Gasteiger partial charge in [-0.15, -0.1) is 11.3 Å². The van der Waals surface area contributed by atoms with Gasteiger partial charge in [0.1, 0.15) is 24.2 Å². The zero-order valence-corrected chi connectivity index (χ0v) is 36.2. The zero-order chi connectivity index (χ0) is 42.5. The molecule has 12 rings (SSSR count). The molecule has 3 aromatic heterocycles. The minimum absolute atomic E-state index is 0.386. The predicted molar refractivity (Wildman–Crippen MR) is 263 cm³/mol. The maximum Gasteiger partial charge on any atom is 0.131 e. The Morgan fingerprint density at radius 2 is 1.05 bits per heavy atom. The first-order chi connectivity index (χ1) is 30.9. The summed E-state index contributed by atoms with van der Waals surface area (Å²) in [4.78, 5) is 5.39. The Balaban J connectivity index is 1.16. The molecule has 1 aliphatic heterocycles. The van der Waals surface area contributed by atoms with Gasteiger partial charge in [0.15, 0.2) is 0 Å². The zero-order valence-electron chi connectivity index (χ0n) is 35.4. The maximum atomic E-state index is 11.4. The second-order valence-electron chi connectivity index (χ2n) is 16.9. The van der Waals surface area contributed by atoms with Crippen molar-refractivity contribution in [2.45, 2.75) is 40.0 Å². The number of nitrogens with zero attached hydrogens (tertiary/aromatic N) is 4. The lowest BCUT2D eigenvalue weighted by Crippen LogP contribution is -2.45. The van der Waals surface area contributed by atoms with Crippen LogP contribution in [0.2, 0.25) is 0 Å². The second kappa shape index (κ2) is 14.3. The highest BCUT2D eigenvalue weighted by atomic mass is 32.1. The molecule has 0 saturated carbocycles. The number of para-hydroxylation sites is 4. The Hall–Kier alpha value is -7.50. The third-order valence-corrected chi connectivity index (χ3v) is 14.2. The number of aliphatic imine (C=N–C) groups is 1. The summed E-state index contributed by atoms with van der Waals surface area (Å²) in [7, 11) is 0. The Morgan fingerprint density at radius 1 is 0.524 bits per heavy atom. The fourth-order valence-electron chi connectivity index (χ4n) is 10.2. The molecule has 0 spiro atoms. The number of rotatable bonds is 5. The second-order valence-corrected chi connectivity index (χ2v) is 18.0. The molecule has 2 unspecified atom stereocenters. The SMILES string of the molecule is Cc1cccc2c3cccc(C)c3n(-c3cc(-n4c5c(C)cccc5c5cccc(C)c54)c(C4NC(c5ccccc5)=NC(c5ccc6c(c5)sc5ccccc56)N4)cc3C#N)c12. The van der Waals surface area contributed by atoms with Gasteiger partial charge < -0.3 is 14.5 Å². The van der Waals surface area contributed by atoms with Crippen molar-refractivity contribution < 1.29 is 0 Å². The molecule has 302 valence electrons. The van der Waals surface area contributed by atoms with E-state index in [0.717, 1.165) is 67.1 Å². The van der Waals surface area contributed by atoms with Crippen LogP contribution in [0, 0.1) is 39.0 Å². The first-order valence-corrected chi connectivity index (χ1v) is 22.3. The van der Waals surface area contributed by atoms with E-state index in [9.17, 15) is 5.26 Å². The van der Waals surface area contributed by atoms with Crippen LogP contribution in [-0.2, 0) is 0 Å². The van der Waals surface area contributed by atoms with Crippen LogP contribution in [0.15, 0.2) is 163 Å². The topological polar surface area (TPSA) is 70.1 Å². The van der Waals surface area contributed by atoms with Gasteiger partial charge in [-0.2, -0.15) is 5.26 Å². The number of nitrogens with one attached hydrogen (secondary N) is 2. The molecule has 0 bridgehead atoms. The Bertz CT molecular complexity index is 3650. The van der Waals surface area contributed by atoms with E-state index < -0.39 is 6.17 Å². The van der Waals surface area contributed by atoms with Crippen molar-refractivity contribution in [3.8, 4) is 17.4 Å². The normalized spacial score (nSPS) is 15.4. The van der Waals surface area contributed by atoms with Crippen LogP contribution >= 0.6 is 11.3 Å². The van der Waals surface area contributed by atoms with Gasteiger partial charge in [0.2, 0.25) is 0 Å². The Morgan fingerprint density at radius 3 is 1.63 bits per heavy atom. The molecular weight excluding hydrogens is 789 g/mol. The molecule has 4 heterocycles. The maximum absolute atomic E-state index is 11.4. The Labute approximate surface area is 369 Å². The van der Waals surface area contributed by atoms with E-state index in [2.05, 4.69) is 205 Å². The molecule has 2 N–H and O–H groups in total. The van der Waals surface area contributed by atoms with Gasteiger partial charge >= 0.3 is 0 Å². The number of amidine groups is 1. The fourth-order valence-corrected chi connectivity index (χ4v) is 11.4. The molecule has 1 aliphatic rings. The highest BCUT2D eigenvalue weighted by Crippen LogP contribution is 2.43. The molecule has 0 radical (unpaired) electrons. The first kappa shape index (κ1) is 37.3. The van der Waals surface area contributed by atoms with Crippen molar-refractivity contribution in [3.63, 3.8) is 0 Å². The minimum atomic E-state index is -0.445. The Kier molecular flexibility index (Phi) is 8.45. The summed E-state index contributed by atoms with van der Waals surface area (Å²) < 4.78 is 7.30. The van der Waals surface area contributed by atoms with Crippen LogP contribution in [0.4, 0.5) is 0 Å². The molecule has 11 aromatic rings. The summed E-state index contributed by atoms with van der Waals surface area (Å²) in [6.07, 6.45) is -0.831. The average molecular weight is 831 g/mol. The van der Waals surface area contributed by atoms with E-state index in [1.807, 2.05) is 17.4 Å². The molecule has 0 amide bonds. The van der Waals surface area contributed by atoms with Crippen molar-refractivity contribution in [3.05, 3.63) is 202 Å². The fraction of sp³-hybridized carbons (Fsp3) is 0.107. The van der Waals surface area contributed by atoms with E-state index in [4.69, 9.17) is 4.99 Å². The van der Waals surface area contributed by atoms with Crippen molar-refractivity contribution in [2.24, 2.45) is 4.99 Å². The van der Waals surface area contributed by atoms with Crippen LogP contribution in [0.5, 0.6) is 0 Å². The minimum Gasteiger partial charge on any atom is -0.350 e. The van der Waals surface area contributed by atoms with Crippen LogP contribution < -0.4 is 10.6 Å². The number of nitriles is 1. The highest BCUT2D eigenvalue weighted by molar-refractivity contribution is 7.25. The van der Waals surface area contributed by atoms with E-state index in [1.54, 1.807) is 0 Å². The third kappa shape index (κ3) is 5.69. The summed E-state index contributed by atoms with van der Waals surface area (Å²) in [5.41, 5.74) is 14.6. The van der Waals surface area contributed by atoms with Crippen LogP contribution in [0.25, 0.3) is 75.2 Å². The van der Waals surface area contributed by atoms with Gasteiger partial charge in [-0.3, -0.25) is 5.32 Å². The monoisotopic (exact) mass is 830 g/mol. The van der Waals surface area contributed by atoms with E-state index in [1.165, 1.54) is 52.8 Å². The first-order valence-electron chi connectivity index (χ1n) is 21.5. The van der Waals surface area contributed by atoms with E-state index in [-0.39, 0.29) is 6.17 Å². The lowest BCUT2D eigenvalue weighted by Gasteiger charge is -2.34. The smallest absolute Gasteiger partial charge is 0.131 e. The molecule has 8 aromatic carbocycles. The number of aryl methyl sites for hydroxylation is 4. The summed E-state index contributed by atoms with van der Waals surface area (Å²) in [6.45, 7) is 8.75. The van der Waals surface area contributed by atoms with Gasteiger partial charge in [0.25, 0.3) is 0 Å². The van der Waals surface area contributed by atoms with Crippen molar-refractivity contribution in [1.82, 2.24) is 19.8 Å². The number of hydrogen-bond donors (Lipinski definition) is 2. The summed E-state index contributed by atoms with van der Waals surface area (Å²) >= 11 is 1.81. The van der Waals surface area contributed by atoms with Gasteiger partial charge in [-0.1, -0.05) is 133 Å².